The van der Waals surface area contributed by atoms with E-state index in [-0.39, 0.29) is 29.3 Å². The zero-order chi connectivity index (χ0) is 18.6. The molecule has 3 rings (SSSR count). The molecule has 1 aliphatic carbocycles. The molecule has 0 aliphatic heterocycles. The molecular weight excluding hydrogens is 380 g/mol. The Bertz CT molecular complexity index is 736. The van der Waals surface area contributed by atoms with Crippen molar-refractivity contribution in [3.63, 3.8) is 0 Å². The molecule has 0 radical (unpaired) electrons. The van der Waals surface area contributed by atoms with Gasteiger partial charge >= 0.3 is 6.61 Å². The number of aromatic nitrogens is 2. The lowest BCUT2D eigenvalue weighted by Crippen LogP contribution is -2.35. The Morgan fingerprint density at radius 1 is 1.22 bits per heavy atom. The van der Waals surface area contributed by atoms with Gasteiger partial charge in [-0.15, -0.1) is 12.4 Å². The highest BCUT2D eigenvalue weighted by atomic mass is 35.5. The Labute approximate surface area is 162 Å². The maximum Gasteiger partial charge on any atom is 0.387 e. The summed E-state index contributed by atoms with van der Waals surface area (Å²) in [7, 11) is 1.38. The van der Waals surface area contributed by atoms with E-state index < -0.39 is 6.61 Å². The van der Waals surface area contributed by atoms with Crippen LogP contribution in [0.4, 0.5) is 8.78 Å². The van der Waals surface area contributed by atoms with Gasteiger partial charge in [-0.1, -0.05) is 24.4 Å². The molecule has 0 spiro atoms. The minimum Gasteiger partial charge on any atom is -0.493 e. The minimum atomic E-state index is -2.92. The van der Waals surface area contributed by atoms with Crippen LogP contribution in [0.1, 0.15) is 38.0 Å². The van der Waals surface area contributed by atoms with Crippen molar-refractivity contribution >= 4 is 12.4 Å². The van der Waals surface area contributed by atoms with Gasteiger partial charge in [0.05, 0.1) is 7.11 Å². The first-order valence-electron chi connectivity index (χ1n) is 8.71. The van der Waals surface area contributed by atoms with Crippen LogP contribution in [0.15, 0.2) is 22.7 Å². The second-order valence-corrected chi connectivity index (χ2v) is 6.70. The Morgan fingerprint density at radius 3 is 2.59 bits per heavy atom. The summed E-state index contributed by atoms with van der Waals surface area (Å²) in [5.74, 6) is 1.06. The van der Waals surface area contributed by atoms with Gasteiger partial charge < -0.3 is 19.7 Å². The quantitative estimate of drug-likeness (QED) is 0.745. The van der Waals surface area contributed by atoms with E-state index >= 15 is 0 Å². The topological polar surface area (TPSA) is 83.4 Å². The summed E-state index contributed by atoms with van der Waals surface area (Å²) >= 11 is 0. The average Bonchev–Trinajstić information content (AvgIpc) is 3.10. The fourth-order valence-electron chi connectivity index (χ4n) is 3.52. The minimum absolute atomic E-state index is 0. The SMILES string of the molecule is COc1cc(-c2noc(CC3(CN)CCCCC3)n2)ccc1OC(F)F.Cl. The molecule has 1 aromatic heterocycles. The molecule has 1 aliphatic rings. The van der Waals surface area contributed by atoms with Gasteiger partial charge in [-0.3, -0.25) is 0 Å². The Hall–Kier alpha value is -1.93. The van der Waals surface area contributed by atoms with Gasteiger partial charge in [-0.25, -0.2) is 0 Å². The van der Waals surface area contributed by atoms with Crippen LogP contribution in [0, 0.1) is 5.41 Å². The third kappa shape index (κ3) is 5.07. The Balaban J connectivity index is 0.00000261. The lowest BCUT2D eigenvalue weighted by atomic mass is 9.72. The summed E-state index contributed by atoms with van der Waals surface area (Å²) in [6.45, 7) is -2.33. The van der Waals surface area contributed by atoms with Crippen molar-refractivity contribution in [3.05, 3.63) is 24.1 Å². The van der Waals surface area contributed by atoms with Gasteiger partial charge in [0, 0.05) is 12.0 Å². The molecule has 9 heteroatoms. The van der Waals surface area contributed by atoms with Crippen molar-refractivity contribution in [2.24, 2.45) is 11.1 Å². The second-order valence-electron chi connectivity index (χ2n) is 6.70. The molecule has 2 N–H and O–H groups in total. The first kappa shape index (κ1) is 21.4. The van der Waals surface area contributed by atoms with E-state index in [0.29, 0.717) is 30.2 Å². The molecule has 1 fully saturated rings. The van der Waals surface area contributed by atoms with Crippen LogP contribution in [-0.2, 0) is 6.42 Å². The standard InChI is InChI=1S/C18H23F2N3O3.ClH/c1-24-14-9-12(5-6-13(14)25-17(19)20)16-22-15(26-23-16)10-18(11-21)7-3-2-4-8-18;/h5-6,9,17H,2-4,7-8,10-11,21H2,1H3;1H. The number of halogens is 3. The van der Waals surface area contributed by atoms with E-state index in [1.165, 1.54) is 32.4 Å². The van der Waals surface area contributed by atoms with Crippen LogP contribution in [0.3, 0.4) is 0 Å². The molecule has 1 heterocycles. The van der Waals surface area contributed by atoms with Crippen molar-refractivity contribution in [3.8, 4) is 22.9 Å². The third-order valence-electron chi connectivity index (χ3n) is 4.98. The average molecular weight is 404 g/mol. The molecule has 0 atom stereocenters. The maximum absolute atomic E-state index is 12.4. The summed E-state index contributed by atoms with van der Waals surface area (Å²) in [5, 5.41) is 4.01. The summed E-state index contributed by atoms with van der Waals surface area (Å²) in [5.41, 5.74) is 6.64. The Morgan fingerprint density at radius 2 is 1.96 bits per heavy atom. The normalized spacial score (nSPS) is 16.0. The Kier molecular flexibility index (Phi) is 7.38. The molecule has 1 aromatic carbocycles. The monoisotopic (exact) mass is 403 g/mol. The van der Waals surface area contributed by atoms with Crippen molar-refractivity contribution in [2.75, 3.05) is 13.7 Å². The van der Waals surface area contributed by atoms with Crippen molar-refractivity contribution < 1.29 is 22.8 Å². The van der Waals surface area contributed by atoms with Crippen LogP contribution in [0.2, 0.25) is 0 Å². The zero-order valence-electron chi connectivity index (χ0n) is 15.1. The molecule has 1 saturated carbocycles. The summed E-state index contributed by atoms with van der Waals surface area (Å²) in [4.78, 5) is 4.46. The zero-order valence-corrected chi connectivity index (χ0v) is 15.9. The smallest absolute Gasteiger partial charge is 0.387 e. The predicted octanol–water partition coefficient (Wildman–Crippen LogP) is 4.22. The molecule has 27 heavy (non-hydrogen) atoms. The van der Waals surface area contributed by atoms with Gasteiger partial charge in [-0.2, -0.15) is 13.8 Å². The van der Waals surface area contributed by atoms with Crippen molar-refractivity contribution in [1.82, 2.24) is 10.1 Å². The lowest BCUT2D eigenvalue weighted by Gasteiger charge is -2.34. The number of ether oxygens (including phenoxy) is 2. The third-order valence-corrected chi connectivity index (χ3v) is 4.98. The largest absolute Gasteiger partial charge is 0.493 e. The summed E-state index contributed by atoms with van der Waals surface area (Å²) in [6, 6.07) is 4.54. The molecule has 6 nitrogen and oxygen atoms in total. The summed E-state index contributed by atoms with van der Waals surface area (Å²) in [6.07, 6.45) is 6.36. The van der Waals surface area contributed by atoms with Gasteiger partial charge in [0.1, 0.15) is 0 Å². The highest BCUT2D eigenvalue weighted by molar-refractivity contribution is 5.85. The molecular formula is C18H24ClF2N3O3. The second kappa shape index (κ2) is 9.32. The van der Waals surface area contributed by atoms with Gasteiger partial charge in [0.2, 0.25) is 11.7 Å². The number of benzene rings is 1. The van der Waals surface area contributed by atoms with Crippen LogP contribution in [0.5, 0.6) is 11.5 Å². The number of nitrogens with zero attached hydrogens (tertiary/aromatic N) is 2. The number of hydrogen-bond donors (Lipinski definition) is 1. The molecule has 0 unspecified atom stereocenters. The fraction of sp³-hybridized carbons (Fsp3) is 0.556. The van der Waals surface area contributed by atoms with Crippen LogP contribution < -0.4 is 15.2 Å². The molecule has 0 amide bonds. The first-order valence-corrected chi connectivity index (χ1v) is 8.71. The summed E-state index contributed by atoms with van der Waals surface area (Å²) < 4.78 is 39.8. The number of rotatable bonds is 7. The predicted molar refractivity (Wildman–Crippen MR) is 98.4 cm³/mol. The van der Waals surface area contributed by atoms with E-state index in [9.17, 15) is 8.78 Å². The highest BCUT2D eigenvalue weighted by Crippen LogP contribution is 2.38. The van der Waals surface area contributed by atoms with E-state index in [2.05, 4.69) is 14.9 Å². The number of alkyl halides is 2. The van der Waals surface area contributed by atoms with E-state index in [1.807, 2.05) is 0 Å². The fourth-order valence-corrected chi connectivity index (χ4v) is 3.52. The number of hydrogen-bond acceptors (Lipinski definition) is 6. The van der Waals surface area contributed by atoms with Crippen LogP contribution in [0.25, 0.3) is 11.4 Å². The van der Waals surface area contributed by atoms with Crippen LogP contribution in [-0.4, -0.2) is 30.4 Å². The molecule has 2 aromatic rings. The van der Waals surface area contributed by atoms with E-state index in [0.717, 1.165) is 12.8 Å². The number of methoxy groups -OCH3 is 1. The highest BCUT2D eigenvalue weighted by Gasteiger charge is 2.33. The molecule has 150 valence electrons. The molecule has 0 saturated heterocycles. The van der Waals surface area contributed by atoms with Gasteiger partial charge in [0.25, 0.3) is 0 Å². The maximum atomic E-state index is 12.4. The first-order chi connectivity index (χ1) is 12.5. The van der Waals surface area contributed by atoms with E-state index in [4.69, 9.17) is 15.0 Å². The van der Waals surface area contributed by atoms with Crippen LogP contribution >= 0.6 is 12.4 Å². The van der Waals surface area contributed by atoms with Crippen molar-refractivity contribution in [1.29, 1.82) is 0 Å². The number of nitrogens with two attached hydrogens (primary N) is 1. The van der Waals surface area contributed by atoms with Gasteiger partial charge in [0.15, 0.2) is 11.5 Å². The van der Waals surface area contributed by atoms with Gasteiger partial charge in [-0.05, 0) is 43.0 Å². The van der Waals surface area contributed by atoms with E-state index in [1.54, 1.807) is 12.1 Å². The van der Waals surface area contributed by atoms with Crippen molar-refractivity contribution in [2.45, 2.75) is 45.1 Å². The lowest BCUT2D eigenvalue weighted by molar-refractivity contribution is -0.0512. The molecule has 0 bridgehead atoms.